The Morgan fingerprint density at radius 1 is 1.33 bits per heavy atom. The van der Waals surface area contributed by atoms with Crippen LogP contribution in [0.25, 0.3) is 0 Å². The van der Waals surface area contributed by atoms with Gasteiger partial charge in [-0.15, -0.1) is 0 Å². The van der Waals surface area contributed by atoms with E-state index in [4.69, 9.17) is 0 Å². The van der Waals surface area contributed by atoms with Crippen molar-refractivity contribution in [3.8, 4) is 0 Å². The van der Waals surface area contributed by atoms with Gasteiger partial charge in [-0.2, -0.15) is 0 Å². The Hall–Kier alpha value is -1.09. The molecule has 0 saturated heterocycles. The summed E-state index contributed by atoms with van der Waals surface area (Å²) in [6.07, 6.45) is 1.07. The lowest BCUT2D eigenvalue weighted by Gasteiger charge is -2.23. The Bertz CT molecular complexity index is 455. The number of hydrogen-bond donors (Lipinski definition) is 1. The van der Waals surface area contributed by atoms with Gasteiger partial charge in [0.1, 0.15) is 0 Å². The van der Waals surface area contributed by atoms with Crippen molar-refractivity contribution in [2.75, 3.05) is 0 Å². The summed E-state index contributed by atoms with van der Waals surface area (Å²) in [7, 11) is 1.86. The van der Waals surface area contributed by atoms with Crippen LogP contribution in [-0.4, -0.2) is 10.6 Å². The standard InChI is InChI=1S/C15H26N2O/c1-7-11(2)16-10-12-8-9-13(15(3,4)5)17(6)14(12)18/h8-9,11,16H,7,10H2,1-6H3. The summed E-state index contributed by atoms with van der Waals surface area (Å²) >= 11 is 0. The van der Waals surface area contributed by atoms with Crippen LogP contribution in [0.4, 0.5) is 0 Å². The molecule has 3 nitrogen and oxygen atoms in total. The van der Waals surface area contributed by atoms with Crippen molar-refractivity contribution in [2.45, 2.75) is 59.0 Å². The third-order valence-corrected chi connectivity index (χ3v) is 3.40. The van der Waals surface area contributed by atoms with Crippen LogP contribution >= 0.6 is 0 Å². The van der Waals surface area contributed by atoms with Crippen LogP contribution in [0.15, 0.2) is 16.9 Å². The molecule has 3 heteroatoms. The van der Waals surface area contributed by atoms with Gasteiger partial charge in [-0.1, -0.05) is 33.8 Å². The highest BCUT2D eigenvalue weighted by Gasteiger charge is 2.18. The van der Waals surface area contributed by atoms with Crippen molar-refractivity contribution < 1.29 is 0 Å². The number of nitrogens with zero attached hydrogens (tertiary/aromatic N) is 1. The minimum absolute atomic E-state index is 0.00339. The molecule has 18 heavy (non-hydrogen) atoms. The van der Waals surface area contributed by atoms with Gasteiger partial charge < -0.3 is 9.88 Å². The molecule has 1 unspecified atom stereocenters. The molecule has 0 spiro atoms. The number of hydrogen-bond acceptors (Lipinski definition) is 2. The second kappa shape index (κ2) is 5.70. The zero-order valence-corrected chi connectivity index (χ0v) is 12.5. The number of aromatic nitrogens is 1. The Morgan fingerprint density at radius 2 is 1.94 bits per heavy atom. The van der Waals surface area contributed by atoms with Crippen LogP contribution in [0.5, 0.6) is 0 Å². The molecule has 0 aliphatic carbocycles. The zero-order chi connectivity index (χ0) is 13.9. The molecule has 1 rings (SSSR count). The minimum Gasteiger partial charge on any atom is -0.315 e. The van der Waals surface area contributed by atoms with Crippen molar-refractivity contribution in [2.24, 2.45) is 7.05 Å². The Labute approximate surface area is 110 Å². The molecule has 0 aliphatic heterocycles. The fourth-order valence-corrected chi connectivity index (χ4v) is 2.00. The molecule has 0 saturated carbocycles. The highest BCUT2D eigenvalue weighted by atomic mass is 16.1. The van der Waals surface area contributed by atoms with E-state index in [9.17, 15) is 4.79 Å². The molecule has 102 valence electrons. The fraction of sp³-hybridized carbons (Fsp3) is 0.667. The van der Waals surface area contributed by atoms with Crippen LogP contribution in [0.2, 0.25) is 0 Å². The van der Waals surface area contributed by atoms with Gasteiger partial charge in [0.2, 0.25) is 0 Å². The quantitative estimate of drug-likeness (QED) is 0.891. The molecule has 0 bridgehead atoms. The molecule has 1 aromatic heterocycles. The van der Waals surface area contributed by atoms with Crippen molar-refractivity contribution in [3.05, 3.63) is 33.7 Å². The Balaban J connectivity index is 2.99. The maximum atomic E-state index is 12.3. The number of nitrogens with one attached hydrogen (secondary N) is 1. The van der Waals surface area contributed by atoms with Crippen molar-refractivity contribution >= 4 is 0 Å². The smallest absolute Gasteiger partial charge is 0.255 e. The normalized spacial score (nSPS) is 13.7. The molecule has 1 N–H and O–H groups in total. The SMILES string of the molecule is CCC(C)NCc1ccc(C(C)(C)C)n(C)c1=O. The average molecular weight is 250 g/mol. The summed E-state index contributed by atoms with van der Waals surface area (Å²) in [6, 6.07) is 4.46. The van der Waals surface area contributed by atoms with E-state index in [0.29, 0.717) is 12.6 Å². The van der Waals surface area contributed by atoms with Gasteiger partial charge in [0.05, 0.1) is 0 Å². The maximum absolute atomic E-state index is 12.3. The van der Waals surface area contributed by atoms with Gasteiger partial charge in [0.25, 0.3) is 5.56 Å². The lowest BCUT2D eigenvalue weighted by Crippen LogP contribution is -2.33. The summed E-state index contributed by atoms with van der Waals surface area (Å²) in [5.41, 5.74) is 2.01. The van der Waals surface area contributed by atoms with E-state index < -0.39 is 0 Å². The van der Waals surface area contributed by atoms with Crippen molar-refractivity contribution in [1.29, 1.82) is 0 Å². The predicted molar refractivity (Wildman–Crippen MR) is 77.0 cm³/mol. The maximum Gasteiger partial charge on any atom is 0.255 e. The highest BCUT2D eigenvalue weighted by Crippen LogP contribution is 2.20. The van der Waals surface area contributed by atoms with Crippen LogP contribution in [0, 0.1) is 0 Å². The molecule has 1 atom stereocenters. The number of rotatable bonds is 4. The van der Waals surface area contributed by atoms with Gasteiger partial charge in [-0.05, 0) is 19.4 Å². The summed E-state index contributed by atoms with van der Waals surface area (Å²) in [4.78, 5) is 12.3. The second-order valence-corrected chi connectivity index (χ2v) is 6.05. The second-order valence-electron chi connectivity index (χ2n) is 6.05. The van der Waals surface area contributed by atoms with Gasteiger partial charge >= 0.3 is 0 Å². The largest absolute Gasteiger partial charge is 0.315 e. The summed E-state index contributed by atoms with van der Waals surface area (Å²) in [6.45, 7) is 11.3. The van der Waals surface area contributed by atoms with E-state index in [-0.39, 0.29) is 11.0 Å². The Morgan fingerprint density at radius 3 is 2.44 bits per heavy atom. The number of pyridine rings is 1. The van der Waals surface area contributed by atoms with Gasteiger partial charge in [0, 0.05) is 36.3 Å². The fourth-order valence-electron chi connectivity index (χ4n) is 2.00. The predicted octanol–water partition coefficient (Wildman–Crippen LogP) is 2.57. The zero-order valence-electron chi connectivity index (χ0n) is 12.5. The van der Waals surface area contributed by atoms with E-state index >= 15 is 0 Å². The highest BCUT2D eigenvalue weighted by molar-refractivity contribution is 5.21. The van der Waals surface area contributed by atoms with Gasteiger partial charge in [0.15, 0.2) is 0 Å². The average Bonchev–Trinajstić information content (AvgIpc) is 2.28. The van der Waals surface area contributed by atoms with Crippen LogP contribution in [-0.2, 0) is 19.0 Å². The van der Waals surface area contributed by atoms with E-state index in [0.717, 1.165) is 17.7 Å². The third-order valence-electron chi connectivity index (χ3n) is 3.40. The molecule has 1 heterocycles. The Kier molecular flexibility index (Phi) is 4.74. The minimum atomic E-state index is -0.00339. The van der Waals surface area contributed by atoms with Crippen molar-refractivity contribution in [3.63, 3.8) is 0 Å². The van der Waals surface area contributed by atoms with Crippen LogP contribution in [0.3, 0.4) is 0 Å². The van der Waals surface area contributed by atoms with E-state index in [2.05, 4.69) is 46.0 Å². The lowest BCUT2D eigenvalue weighted by atomic mass is 9.91. The molecule has 0 amide bonds. The van der Waals surface area contributed by atoms with Crippen LogP contribution in [0.1, 0.15) is 52.3 Å². The third kappa shape index (κ3) is 3.45. The van der Waals surface area contributed by atoms with Gasteiger partial charge in [-0.3, -0.25) is 4.79 Å². The van der Waals surface area contributed by atoms with Gasteiger partial charge in [-0.25, -0.2) is 0 Å². The van der Waals surface area contributed by atoms with E-state index in [1.165, 1.54) is 0 Å². The summed E-state index contributed by atoms with van der Waals surface area (Å²) < 4.78 is 1.77. The molecule has 1 aromatic rings. The molecular formula is C15H26N2O. The van der Waals surface area contributed by atoms with Crippen LogP contribution < -0.4 is 10.9 Å². The lowest BCUT2D eigenvalue weighted by molar-refractivity contribution is 0.514. The molecule has 0 radical (unpaired) electrons. The monoisotopic (exact) mass is 250 g/mol. The molecule has 0 aliphatic rings. The topological polar surface area (TPSA) is 34.0 Å². The first-order valence-corrected chi connectivity index (χ1v) is 6.70. The first-order valence-electron chi connectivity index (χ1n) is 6.70. The first-order chi connectivity index (χ1) is 8.27. The molecular weight excluding hydrogens is 224 g/mol. The van der Waals surface area contributed by atoms with E-state index in [1.54, 1.807) is 4.57 Å². The van der Waals surface area contributed by atoms with Crippen molar-refractivity contribution in [1.82, 2.24) is 9.88 Å². The first kappa shape index (κ1) is 15.0. The summed E-state index contributed by atoms with van der Waals surface area (Å²) in [5.74, 6) is 0. The molecule has 0 fully saturated rings. The molecule has 0 aromatic carbocycles. The summed E-state index contributed by atoms with van der Waals surface area (Å²) in [5, 5.41) is 3.36. The van der Waals surface area contributed by atoms with E-state index in [1.807, 2.05) is 13.1 Å².